The smallest absolute Gasteiger partial charge is 0.260 e. The molecule has 3 N–H and O–H groups in total. The fraction of sp³-hybridized carbons (Fsp3) is 0.429. The van der Waals surface area contributed by atoms with E-state index in [0.717, 1.165) is 12.8 Å². The van der Waals surface area contributed by atoms with E-state index in [1.165, 1.54) is 0 Å². The number of amides is 2. The number of halogens is 1. The maximum Gasteiger partial charge on any atom is 0.260 e. The summed E-state index contributed by atoms with van der Waals surface area (Å²) < 4.78 is 5.42. The van der Waals surface area contributed by atoms with Crippen molar-refractivity contribution < 1.29 is 14.3 Å². The summed E-state index contributed by atoms with van der Waals surface area (Å²) in [6.07, 6.45) is 1.52. The van der Waals surface area contributed by atoms with Crippen LogP contribution in [0.5, 0.6) is 5.75 Å². The molecule has 1 aromatic carbocycles. The fourth-order valence-electron chi connectivity index (χ4n) is 2.30. The fourth-order valence-corrected chi connectivity index (χ4v) is 2.43. The number of nitrogens with two attached hydrogens (primary N) is 1. The predicted molar refractivity (Wildman–Crippen MR) is 78.6 cm³/mol. The Hall–Kier alpha value is -1.79. The molecular weight excluding hydrogens is 294 g/mol. The molecule has 114 valence electrons. The van der Waals surface area contributed by atoms with Crippen LogP contribution in [0.3, 0.4) is 0 Å². The van der Waals surface area contributed by atoms with Gasteiger partial charge in [-0.15, -0.1) is 0 Å². The first-order valence-corrected chi connectivity index (χ1v) is 7.14. The second kappa shape index (κ2) is 7.28. The SMILES string of the molecule is NNC(=O)C1CCCN(C(=O)COc2ccc(Cl)cc2)C1. The van der Waals surface area contributed by atoms with Crippen LogP contribution in [-0.2, 0) is 9.59 Å². The van der Waals surface area contributed by atoms with Crippen molar-refractivity contribution in [3.63, 3.8) is 0 Å². The molecule has 0 saturated carbocycles. The van der Waals surface area contributed by atoms with E-state index in [0.29, 0.717) is 23.9 Å². The summed E-state index contributed by atoms with van der Waals surface area (Å²) in [5.41, 5.74) is 2.14. The van der Waals surface area contributed by atoms with Crippen molar-refractivity contribution in [2.75, 3.05) is 19.7 Å². The van der Waals surface area contributed by atoms with Gasteiger partial charge in [-0.3, -0.25) is 15.0 Å². The van der Waals surface area contributed by atoms with Crippen LogP contribution < -0.4 is 16.0 Å². The van der Waals surface area contributed by atoms with Crippen molar-refractivity contribution in [2.24, 2.45) is 11.8 Å². The Kier molecular flexibility index (Phi) is 5.41. The maximum absolute atomic E-state index is 12.1. The molecule has 0 aliphatic carbocycles. The van der Waals surface area contributed by atoms with Crippen LogP contribution in [0.4, 0.5) is 0 Å². The molecule has 2 amide bonds. The number of hydrazine groups is 1. The Morgan fingerprint density at radius 3 is 2.76 bits per heavy atom. The average molecular weight is 312 g/mol. The maximum atomic E-state index is 12.1. The highest BCUT2D eigenvalue weighted by Crippen LogP contribution is 2.18. The van der Waals surface area contributed by atoms with E-state index in [1.54, 1.807) is 29.2 Å². The van der Waals surface area contributed by atoms with Gasteiger partial charge >= 0.3 is 0 Å². The van der Waals surface area contributed by atoms with Gasteiger partial charge in [-0.05, 0) is 37.1 Å². The third-order valence-corrected chi connectivity index (χ3v) is 3.72. The van der Waals surface area contributed by atoms with E-state index in [4.69, 9.17) is 22.2 Å². The summed E-state index contributed by atoms with van der Waals surface area (Å²) in [5, 5.41) is 0.611. The molecule has 0 bridgehead atoms. The number of benzene rings is 1. The zero-order valence-electron chi connectivity index (χ0n) is 11.5. The summed E-state index contributed by atoms with van der Waals surface area (Å²) in [4.78, 5) is 25.3. The molecule has 1 aliphatic rings. The number of nitrogens with zero attached hydrogens (tertiary/aromatic N) is 1. The highest BCUT2D eigenvalue weighted by atomic mass is 35.5. The van der Waals surface area contributed by atoms with Crippen LogP contribution in [-0.4, -0.2) is 36.4 Å². The Morgan fingerprint density at radius 2 is 2.10 bits per heavy atom. The van der Waals surface area contributed by atoms with Gasteiger partial charge in [-0.1, -0.05) is 11.6 Å². The lowest BCUT2D eigenvalue weighted by Crippen LogP contribution is -2.48. The first-order valence-electron chi connectivity index (χ1n) is 6.76. The number of nitrogens with one attached hydrogen (secondary N) is 1. The van der Waals surface area contributed by atoms with Crippen molar-refractivity contribution in [2.45, 2.75) is 12.8 Å². The standard InChI is InChI=1S/C14H18ClN3O3/c15-11-3-5-12(6-4-11)21-9-13(19)18-7-1-2-10(8-18)14(20)17-16/h3-6,10H,1-2,7-9,16H2,(H,17,20). The third kappa shape index (κ3) is 4.34. The van der Waals surface area contributed by atoms with Crippen LogP contribution >= 0.6 is 11.6 Å². The minimum absolute atomic E-state index is 0.0569. The third-order valence-electron chi connectivity index (χ3n) is 3.46. The molecule has 0 radical (unpaired) electrons. The summed E-state index contributed by atoms with van der Waals surface area (Å²) in [6, 6.07) is 6.81. The number of ether oxygens (including phenoxy) is 1. The van der Waals surface area contributed by atoms with Crippen molar-refractivity contribution in [1.82, 2.24) is 10.3 Å². The number of hydrogen-bond donors (Lipinski definition) is 2. The van der Waals surface area contributed by atoms with Gasteiger partial charge in [0.1, 0.15) is 5.75 Å². The number of likely N-dealkylation sites (tertiary alicyclic amines) is 1. The lowest BCUT2D eigenvalue weighted by atomic mass is 9.97. The van der Waals surface area contributed by atoms with E-state index < -0.39 is 0 Å². The minimum atomic E-state index is -0.247. The number of piperidine rings is 1. The molecule has 6 nitrogen and oxygen atoms in total. The molecule has 1 heterocycles. The van der Waals surface area contributed by atoms with Crippen molar-refractivity contribution in [3.8, 4) is 5.75 Å². The molecule has 7 heteroatoms. The van der Waals surface area contributed by atoms with Crippen LogP contribution in [0.25, 0.3) is 0 Å². The number of carbonyl (C=O) groups excluding carboxylic acids is 2. The van der Waals surface area contributed by atoms with Crippen LogP contribution in [0.15, 0.2) is 24.3 Å². The van der Waals surface area contributed by atoms with Gasteiger partial charge in [0.25, 0.3) is 5.91 Å². The van der Waals surface area contributed by atoms with Crippen molar-refractivity contribution in [1.29, 1.82) is 0 Å². The van der Waals surface area contributed by atoms with Crippen LogP contribution in [0.1, 0.15) is 12.8 Å². The Labute approximate surface area is 128 Å². The van der Waals surface area contributed by atoms with Gasteiger partial charge in [0.05, 0.1) is 5.92 Å². The Bertz CT molecular complexity index is 507. The van der Waals surface area contributed by atoms with Crippen molar-refractivity contribution >= 4 is 23.4 Å². The molecule has 1 aromatic rings. The topological polar surface area (TPSA) is 84.7 Å². The Morgan fingerprint density at radius 1 is 1.38 bits per heavy atom. The zero-order valence-corrected chi connectivity index (χ0v) is 12.3. The largest absolute Gasteiger partial charge is 0.484 e. The van der Waals surface area contributed by atoms with Crippen LogP contribution in [0.2, 0.25) is 5.02 Å². The van der Waals surface area contributed by atoms with Gasteiger partial charge in [-0.25, -0.2) is 5.84 Å². The highest BCUT2D eigenvalue weighted by Gasteiger charge is 2.28. The van der Waals surface area contributed by atoms with Gasteiger partial charge < -0.3 is 9.64 Å². The normalized spacial score (nSPS) is 18.2. The number of carbonyl (C=O) groups is 2. The lowest BCUT2D eigenvalue weighted by Gasteiger charge is -2.31. The van der Waals surface area contributed by atoms with E-state index in [-0.39, 0.29) is 24.3 Å². The molecule has 21 heavy (non-hydrogen) atoms. The van der Waals surface area contributed by atoms with Crippen LogP contribution in [0, 0.1) is 5.92 Å². The predicted octanol–water partition coefficient (Wildman–Crippen LogP) is 0.947. The molecule has 1 aliphatic heterocycles. The highest BCUT2D eigenvalue weighted by molar-refractivity contribution is 6.30. The molecule has 2 rings (SSSR count). The monoisotopic (exact) mass is 311 g/mol. The molecule has 1 saturated heterocycles. The van der Waals surface area contributed by atoms with Gasteiger partial charge in [0.15, 0.2) is 6.61 Å². The summed E-state index contributed by atoms with van der Waals surface area (Å²) in [7, 11) is 0. The zero-order chi connectivity index (χ0) is 15.2. The molecular formula is C14H18ClN3O3. The molecule has 1 fully saturated rings. The second-order valence-electron chi connectivity index (χ2n) is 4.93. The van der Waals surface area contributed by atoms with E-state index in [1.807, 2.05) is 0 Å². The summed E-state index contributed by atoms with van der Waals surface area (Å²) >= 11 is 5.78. The number of hydrogen-bond acceptors (Lipinski definition) is 4. The van der Waals surface area contributed by atoms with E-state index in [2.05, 4.69) is 5.43 Å². The molecule has 1 unspecified atom stereocenters. The molecule has 0 aromatic heterocycles. The Balaban J connectivity index is 1.85. The first kappa shape index (κ1) is 15.6. The quantitative estimate of drug-likeness (QED) is 0.492. The molecule has 0 spiro atoms. The van der Waals surface area contributed by atoms with Crippen molar-refractivity contribution in [3.05, 3.63) is 29.3 Å². The van der Waals surface area contributed by atoms with Gasteiger partial charge in [0.2, 0.25) is 5.91 Å². The van der Waals surface area contributed by atoms with E-state index in [9.17, 15) is 9.59 Å². The number of rotatable bonds is 4. The van der Waals surface area contributed by atoms with Gasteiger partial charge in [0, 0.05) is 18.1 Å². The lowest BCUT2D eigenvalue weighted by molar-refractivity contribution is -0.137. The average Bonchev–Trinajstić information content (AvgIpc) is 2.53. The second-order valence-corrected chi connectivity index (χ2v) is 5.37. The minimum Gasteiger partial charge on any atom is -0.484 e. The first-order chi connectivity index (χ1) is 10.1. The van der Waals surface area contributed by atoms with E-state index >= 15 is 0 Å². The van der Waals surface area contributed by atoms with Gasteiger partial charge in [-0.2, -0.15) is 0 Å². The summed E-state index contributed by atoms with van der Waals surface area (Å²) in [5.74, 6) is 5.10. The summed E-state index contributed by atoms with van der Waals surface area (Å²) in [6.45, 7) is 0.960. The molecule has 1 atom stereocenters.